The van der Waals surface area contributed by atoms with E-state index in [1.807, 2.05) is 72.6 Å². The first-order valence-electron chi connectivity index (χ1n) is 11.1. The van der Waals surface area contributed by atoms with Crippen molar-refractivity contribution in [3.05, 3.63) is 87.5 Å². The van der Waals surface area contributed by atoms with E-state index in [-0.39, 0.29) is 11.9 Å². The molecule has 34 heavy (non-hydrogen) atoms. The number of hydrogen-bond donors (Lipinski definition) is 0. The summed E-state index contributed by atoms with van der Waals surface area (Å²) in [6.07, 6.45) is 1.25. The van der Waals surface area contributed by atoms with Gasteiger partial charge in [0.1, 0.15) is 17.9 Å². The summed E-state index contributed by atoms with van der Waals surface area (Å²) in [5, 5.41) is 0. The summed E-state index contributed by atoms with van der Waals surface area (Å²) in [6.45, 7) is 1.13. The number of anilines is 1. The molecule has 6 nitrogen and oxygen atoms in total. The number of ether oxygens (including phenoxy) is 2. The second-order valence-electron chi connectivity index (χ2n) is 8.10. The number of oxazole rings is 1. The van der Waals surface area contributed by atoms with E-state index in [1.54, 1.807) is 0 Å². The Balaban J connectivity index is 1.31. The van der Waals surface area contributed by atoms with E-state index in [9.17, 15) is 4.79 Å². The second kappa shape index (κ2) is 11.4. The number of fused-ring (bicyclic) bond motifs is 1. The fourth-order valence-electron chi connectivity index (χ4n) is 3.76. The average molecular weight is 570 g/mol. The molecule has 4 aromatic rings. The molecule has 1 heterocycles. The number of aromatic nitrogens is 1. The number of carbonyl (C=O) groups excluding carboxylic acids is 1. The highest BCUT2D eigenvalue weighted by Crippen LogP contribution is 2.23. The summed E-state index contributed by atoms with van der Waals surface area (Å²) < 4.78 is 17.9. The number of halogens is 1. The fourth-order valence-corrected chi connectivity index (χ4v) is 4.37. The van der Waals surface area contributed by atoms with Crippen LogP contribution in [0.25, 0.3) is 11.1 Å². The zero-order valence-electron chi connectivity index (χ0n) is 19.2. The Morgan fingerprint density at radius 2 is 1.76 bits per heavy atom. The van der Waals surface area contributed by atoms with Crippen LogP contribution in [0.3, 0.4) is 0 Å². The molecule has 0 fully saturated rings. The van der Waals surface area contributed by atoms with Gasteiger partial charge in [0, 0.05) is 10.6 Å². The lowest BCUT2D eigenvalue weighted by atomic mass is 9.92. The van der Waals surface area contributed by atoms with E-state index < -0.39 is 0 Å². The van der Waals surface area contributed by atoms with Crippen molar-refractivity contribution < 1.29 is 18.7 Å². The zero-order valence-corrected chi connectivity index (χ0v) is 21.4. The lowest BCUT2D eigenvalue weighted by Gasteiger charge is -2.17. The summed E-state index contributed by atoms with van der Waals surface area (Å²) in [6, 6.07) is 24.3. The van der Waals surface area contributed by atoms with Gasteiger partial charge in [0.2, 0.25) is 0 Å². The Morgan fingerprint density at radius 1 is 1.03 bits per heavy atom. The number of hydrogen-bond acceptors (Lipinski definition) is 6. The van der Waals surface area contributed by atoms with Crippen molar-refractivity contribution in [2.45, 2.75) is 12.8 Å². The quantitative estimate of drug-likeness (QED) is 0.185. The van der Waals surface area contributed by atoms with E-state index in [4.69, 9.17) is 13.9 Å². The Hall–Kier alpha value is -3.07. The van der Waals surface area contributed by atoms with Gasteiger partial charge >= 0.3 is 5.97 Å². The highest BCUT2D eigenvalue weighted by molar-refractivity contribution is 14.1. The van der Waals surface area contributed by atoms with Crippen LogP contribution in [0.5, 0.6) is 5.75 Å². The van der Waals surface area contributed by atoms with Gasteiger partial charge in [0.25, 0.3) is 6.01 Å². The molecule has 1 unspecified atom stereocenters. The number of methoxy groups -OCH3 is 1. The molecule has 4 rings (SSSR count). The van der Waals surface area contributed by atoms with Crippen LogP contribution in [0.1, 0.15) is 11.1 Å². The van der Waals surface area contributed by atoms with Gasteiger partial charge in [-0.15, -0.1) is 0 Å². The van der Waals surface area contributed by atoms with Crippen molar-refractivity contribution in [3.8, 4) is 5.75 Å². The molecule has 0 spiro atoms. The van der Waals surface area contributed by atoms with Crippen LogP contribution in [0, 0.1) is 9.49 Å². The van der Waals surface area contributed by atoms with Gasteiger partial charge in [-0.2, -0.15) is 4.98 Å². The molecule has 7 heteroatoms. The van der Waals surface area contributed by atoms with Crippen LogP contribution in [-0.2, 0) is 22.4 Å². The molecule has 0 saturated heterocycles. The lowest BCUT2D eigenvalue weighted by Crippen LogP contribution is -2.24. The highest BCUT2D eigenvalue weighted by Gasteiger charge is 2.21. The molecule has 0 bridgehead atoms. The van der Waals surface area contributed by atoms with Crippen LogP contribution < -0.4 is 9.64 Å². The van der Waals surface area contributed by atoms with Crippen LogP contribution in [0.15, 0.2) is 77.2 Å². The molecule has 0 amide bonds. The molecular weight excluding hydrogens is 543 g/mol. The van der Waals surface area contributed by atoms with E-state index >= 15 is 0 Å². The average Bonchev–Trinajstić information content (AvgIpc) is 3.30. The first kappa shape index (κ1) is 24.1. The number of rotatable bonds is 10. The van der Waals surface area contributed by atoms with Gasteiger partial charge < -0.3 is 18.8 Å². The van der Waals surface area contributed by atoms with E-state index in [2.05, 4.69) is 39.7 Å². The third kappa shape index (κ3) is 6.08. The minimum atomic E-state index is -0.238. The Morgan fingerprint density at radius 3 is 2.50 bits per heavy atom. The van der Waals surface area contributed by atoms with E-state index in [0.717, 1.165) is 31.5 Å². The molecule has 0 N–H and O–H groups in total. The number of likely N-dealkylation sites (N-methyl/N-ethyl adjacent to an activating group) is 1. The first-order valence-corrected chi connectivity index (χ1v) is 12.2. The van der Waals surface area contributed by atoms with Crippen molar-refractivity contribution >= 4 is 45.7 Å². The number of esters is 1. The molecule has 0 aliphatic rings. The zero-order chi connectivity index (χ0) is 23.9. The van der Waals surface area contributed by atoms with Gasteiger partial charge in [0.15, 0.2) is 5.58 Å². The molecule has 0 saturated carbocycles. The predicted octanol–water partition coefficient (Wildman–Crippen LogP) is 5.52. The van der Waals surface area contributed by atoms with Crippen molar-refractivity contribution in [1.82, 2.24) is 4.98 Å². The molecule has 1 aromatic heterocycles. The largest absolute Gasteiger partial charge is 0.492 e. The molecule has 0 radical (unpaired) electrons. The monoisotopic (exact) mass is 570 g/mol. The molecule has 1 atom stereocenters. The smallest absolute Gasteiger partial charge is 0.309 e. The third-order valence-electron chi connectivity index (χ3n) is 5.67. The molecule has 0 aliphatic heterocycles. The van der Waals surface area contributed by atoms with Gasteiger partial charge in [-0.3, -0.25) is 4.79 Å². The molecule has 3 aromatic carbocycles. The number of para-hydroxylation sites is 2. The van der Waals surface area contributed by atoms with Crippen LogP contribution >= 0.6 is 22.6 Å². The van der Waals surface area contributed by atoms with E-state index in [1.165, 1.54) is 7.11 Å². The standard InChI is InChI=1S/C27H27IN2O4/c1-30(27-29-24-9-5-6-10-25(24)34-27)15-16-33-22-13-11-19(12-14-22)17-21(26(31)32-2)18-20-7-3-4-8-23(20)28/h3-14,21H,15-18H2,1-2H3. The van der Waals surface area contributed by atoms with Crippen molar-refractivity contribution in [2.75, 3.05) is 32.2 Å². The predicted molar refractivity (Wildman–Crippen MR) is 141 cm³/mol. The summed E-state index contributed by atoms with van der Waals surface area (Å²) >= 11 is 2.31. The molecule has 0 aliphatic carbocycles. The van der Waals surface area contributed by atoms with Gasteiger partial charge in [-0.05, 0) is 76.9 Å². The number of nitrogens with zero attached hydrogens (tertiary/aromatic N) is 2. The summed E-state index contributed by atoms with van der Waals surface area (Å²) in [5.74, 6) is 0.349. The molecular formula is C27H27IN2O4. The number of benzene rings is 3. The minimum absolute atomic E-state index is 0.192. The van der Waals surface area contributed by atoms with Crippen molar-refractivity contribution in [1.29, 1.82) is 0 Å². The van der Waals surface area contributed by atoms with Gasteiger partial charge in [0.05, 0.1) is 19.6 Å². The first-order chi connectivity index (χ1) is 16.5. The third-order valence-corrected chi connectivity index (χ3v) is 6.72. The summed E-state index contributed by atoms with van der Waals surface area (Å²) in [4.78, 5) is 18.8. The Kier molecular flexibility index (Phi) is 8.05. The fraction of sp³-hybridized carbons (Fsp3) is 0.259. The van der Waals surface area contributed by atoms with Crippen molar-refractivity contribution in [3.63, 3.8) is 0 Å². The second-order valence-corrected chi connectivity index (χ2v) is 9.26. The Bertz CT molecular complexity index is 1210. The normalized spacial score (nSPS) is 11.9. The van der Waals surface area contributed by atoms with Gasteiger partial charge in [-0.25, -0.2) is 0 Å². The van der Waals surface area contributed by atoms with Crippen LogP contribution in [-0.4, -0.2) is 38.3 Å². The summed E-state index contributed by atoms with van der Waals surface area (Å²) in [7, 11) is 3.37. The van der Waals surface area contributed by atoms with Gasteiger partial charge in [-0.1, -0.05) is 42.5 Å². The topological polar surface area (TPSA) is 64.8 Å². The molecule has 176 valence electrons. The van der Waals surface area contributed by atoms with Crippen LogP contribution in [0.4, 0.5) is 6.01 Å². The maximum atomic E-state index is 12.4. The maximum Gasteiger partial charge on any atom is 0.309 e. The number of carbonyl (C=O) groups is 1. The van der Waals surface area contributed by atoms with E-state index in [0.29, 0.717) is 32.0 Å². The summed E-state index contributed by atoms with van der Waals surface area (Å²) in [5.41, 5.74) is 3.83. The Labute approximate surface area is 213 Å². The van der Waals surface area contributed by atoms with Crippen LogP contribution in [0.2, 0.25) is 0 Å². The SMILES string of the molecule is COC(=O)C(Cc1ccc(OCCN(C)c2nc3ccccc3o2)cc1)Cc1ccccc1I. The minimum Gasteiger partial charge on any atom is -0.492 e. The van der Waals surface area contributed by atoms with Crippen molar-refractivity contribution in [2.24, 2.45) is 5.92 Å². The highest BCUT2D eigenvalue weighted by atomic mass is 127. The lowest BCUT2D eigenvalue weighted by molar-refractivity contribution is -0.145. The maximum absolute atomic E-state index is 12.4.